The molecular formula is C55H40N2O. The number of nitrogens with zero attached hydrogens (tertiary/aromatic N) is 2. The van der Waals surface area contributed by atoms with Gasteiger partial charge in [0.15, 0.2) is 0 Å². The maximum atomic E-state index is 6.21. The number of fused-ring (bicyclic) bond motifs is 4. The predicted octanol–water partition coefficient (Wildman–Crippen LogP) is 15.7. The first-order valence-electron chi connectivity index (χ1n) is 19.7. The minimum absolute atomic E-state index is 0.771. The van der Waals surface area contributed by atoms with E-state index in [9.17, 15) is 0 Å². The Hall–Kier alpha value is -7.62. The summed E-state index contributed by atoms with van der Waals surface area (Å²) in [6.45, 7) is 6.04. The molecule has 0 unspecified atom stereocenters. The summed E-state index contributed by atoms with van der Waals surface area (Å²) in [5, 5.41) is 3.53. The number of anilines is 3. The quantitative estimate of drug-likeness (QED) is 0.147. The van der Waals surface area contributed by atoms with Crippen molar-refractivity contribution in [1.29, 1.82) is 0 Å². The van der Waals surface area contributed by atoms with E-state index in [0.717, 1.165) is 50.6 Å². The molecule has 0 bridgehead atoms. The zero-order valence-corrected chi connectivity index (χ0v) is 32.2. The second-order valence-corrected chi connectivity index (χ2v) is 14.6. The summed E-state index contributed by atoms with van der Waals surface area (Å²) in [6.07, 6.45) is 5.92. The molecule has 8 aromatic carbocycles. The molecule has 10 aromatic rings. The normalized spacial score (nSPS) is 11.5. The van der Waals surface area contributed by atoms with E-state index in [4.69, 9.17) is 4.42 Å². The van der Waals surface area contributed by atoms with Crippen LogP contribution in [0.25, 0.3) is 84.0 Å². The number of para-hydroxylation sites is 2. The second kappa shape index (κ2) is 14.8. The molecule has 0 N–H and O–H groups in total. The van der Waals surface area contributed by atoms with Gasteiger partial charge in [0.05, 0.1) is 11.0 Å². The molecule has 3 nitrogen and oxygen atoms in total. The monoisotopic (exact) mass is 744 g/mol. The Morgan fingerprint density at radius 2 is 0.983 bits per heavy atom. The van der Waals surface area contributed by atoms with Crippen molar-refractivity contribution in [1.82, 2.24) is 4.57 Å². The fourth-order valence-corrected chi connectivity index (χ4v) is 8.30. The SMILES string of the molecule is C=Cc1oc2ccc(N(c3ccc(-c4ccc(-c5ccccc5)cc4)cc3)c3ccc(-c4ccc5c(c4)c4ccccc4n5-c4ccccc4)cc3)cc2c1/C=C\C. The third-order valence-electron chi connectivity index (χ3n) is 11.1. The summed E-state index contributed by atoms with van der Waals surface area (Å²) in [7, 11) is 0. The standard InChI is InChI=1S/C55H40N2O/c1-3-13-49-51-37-47(33-35-55(51)58-54(49)4-2)56(45-29-24-41(25-30-45)40-22-20-39(21-23-40)38-14-7-5-8-15-38)46-31-26-42(27-32-46)43-28-34-53-50(36-43)48-18-11-12-19-52(48)57(53)44-16-9-6-10-17-44/h3-37H,2H2,1H3/b13-3-. The van der Waals surface area contributed by atoms with Crippen LogP contribution in [0.4, 0.5) is 17.1 Å². The van der Waals surface area contributed by atoms with Crippen LogP contribution in [0.1, 0.15) is 18.2 Å². The molecule has 2 aromatic heterocycles. The van der Waals surface area contributed by atoms with Gasteiger partial charge in [0, 0.05) is 44.5 Å². The van der Waals surface area contributed by atoms with Crippen LogP contribution in [0.15, 0.2) is 211 Å². The summed E-state index contributed by atoms with van der Waals surface area (Å²) in [4.78, 5) is 2.32. The second-order valence-electron chi connectivity index (χ2n) is 14.6. The van der Waals surface area contributed by atoms with Crippen LogP contribution in [0, 0.1) is 0 Å². The van der Waals surface area contributed by atoms with E-state index in [1.807, 2.05) is 13.0 Å². The third kappa shape index (κ3) is 6.20. The van der Waals surface area contributed by atoms with Gasteiger partial charge in [-0.3, -0.25) is 0 Å². The van der Waals surface area contributed by atoms with E-state index in [1.165, 1.54) is 49.6 Å². The number of aromatic nitrogens is 1. The lowest BCUT2D eigenvalue weighted by Crippen LogP contribution is -2.09. The fourth-order valence-electron chi connectivity index (χ4n) is 8.30. The number of hydrogen-bond donors (Lipinski definition) is 0. The lowest BCUT2D eigenvalue weighted by atomic mass is 10.00. The first-order valence-corrected chi connectivity index (χ1v) is 19.7. The molecule has 0 aliphatic heterocycles. The minimum Gasteiger partial charge on any atom is -0.456 e. The molecule has 0 aliphatic carbocycles. The smallest absolute Gasteiger partial charge is 0.135 e. The highest BCUT2D eigenvalue weighted by atomic mass is 16.3. The Balaban J connectivity index is 1.04. The Bertz CT molecular complexity index is 3100. The van der Waals surface area contributed by atoms with Crippen LogP contribution in [0.5, 0.6) is 0 Å². The van der Waals surface area contributed by atoms with Crippen molar-refractivity contribution in [3.05, 3.63) is 218 Å². The predicted molar refractivity (Wildman–Crippen MR) is 246 cm³/mol. The van der Waals surface area contributed by atoms with Crippen LogP contribution >= 0.6 is 0 Å². The molecule has 10 rings (SSSR count). The summed E-state index contributed by atoms with van der Waals surface area (Å²) in [6, 6.07) is 69.7. The zero-order valence-electron chi connectivity index (χ0n) is 32.2. The van der Waals surface area contributed by atoms with E-state index in [0.29, 0.717) is 0 Å². The van der Waals surface area contributed by atoms with E-state index in [1.54, 1.807) is 6.08 Å². The van der Waals surface area contributed by atoms with Gasteiger partial charge in [-0.25, -0.2) is 0 Å². The van der Waals surface area contributed by atoms with Gasteiger partial charge in [-0.1, -0.05) is 140 Å². The molecule has 0 amide bonds. The van der Waals surface area contributed by atoms with Crippen molar-refractivity contribution in [3.8, 4) is 39.1 Å². The first kappa shape index (κ1) is 34.8. The molecular weight excluding hydrogens is 705 g/mol. The molecule has 0 fully saturated rings. The molecule has 58 heavy (non-hydrogen) atoms. The minimum atomic E-state index is 0.771. The number of rotatable bonds is 9. The van der Waals surface area contributed by atoms with E-state index < -0.39 is 0 Å². The molecule has 0 radical (unpaired) electrons. The average Bonchev–Trinajstić information content (AvgIpc) is 3.82. The summed E-state index contributed by atoms with van der Waals surface area (Å²) >= 11 is 0. The van der Waals surface area contributed by atoms with Crippen LogP contribution in [0.2, 0.25) is 0 Å². The van der Waals surface area contributed by atoms with Crippen molar-refractivity contribution < 1.29 is 4.42 Å². The highest BCUT2D eigenvalue weighted by Gasteiger charge is 2.18. The van der Waals surface area contributed by atoms with E-state index in [-0.39, 0.29) is 0 Å². The summed E-state index contributed by atoms with van der Waals surface area (Å²) in [5.41, 5.74) is 15.7. The summed E-state index contributed by atoms with van der Waals surface area (Å²) < 4.78 is 8.57. The Morgan fingerprint density at radius 1 is 0.466 bits per heavy atom. The highest BCUT2D eigenvalue weighted by Crippen LogP contribution is 2.41. The third-order valence-corrected chi connectivity index (χ3v) is 11.1. The highest BCUT2D eigenvalue weighted by molar-refractivity contribution is 6.10. The largest absolute Gasteiger partial charge is 0.456 e. The fraction of sp³-hybridized carbons (Fsp3) is 0.0182. The Kier molecular flexibility index (Phi) is 8.89. The van der Waals surface area contributed by atoms with Gasteiger partial charge in [-0.2, -0.15) is 0 Å². The van der Waals surface area contributed by atoms with Crippen LogP contribution < -0.4 is 4.90 Å². The molecule has 0 spiro atoms. The van der Waals surface area contributed by atoms with Crippen molar-refractivity contribution in [3.63, 3.8) is 0 Å². The Morgan fingerprint density at radius 3 is 1.62 bits per heavy atom. The van der Waals surface area contributed by atoms with Gasteiger partial charge in [0.1, 0.15) is 11.3 Å². The van der Waals surface area contributed by atoms with Crippen molar-refractivity contribution >= 4 is 62.0 Å². The number of furan rings is 1. The van der Waals surface area contributed by atoms with Crippen molar-refractivity contribution in [2.75, 3.05) is 4.90 Å². The molecule has 0 aliphatic rings. The van der Waals surface area contributed by atoms with Crippen LogP contribution in [-0.2, 0) is 0 Å². The maximum Gasteiger partial charge on any atom is 0.135 e. The van der Waals surface area contributed by atoms with Gasteiger partial charge < -0.3 is 13.9 Å². The molecule has 0 saturated carbocycles. The first-order chi connectivity index (χ1) is 28.7. The van der Waals surface area contributed by atoms with Crippen LogP contribution in [-0.4, -0.2) is 4.57 Å². The average molecular weight is 745 g/mol. The lowest BCUT2D eigenvalue weighted by molar-refractivity contribution is 0.603. The Labute approximate surface area is 338 Å². The lowest BCUT2D eigenvalue weighted by Gasteiger charge is -2.26. The van der Waals surface area contributed by atoms with Gasteiger partial charge >= 0.3 is 0 Å². The topological polar surface area (TPSA) is 21.3 Å². The molecule has 0 saturated heterocycles. The summed E-state index contributed by atoms with van der Waals surface area (Å²) in [5.74, 6) is 0.771. The van der Waals surface area contributed by atoms with Crippen LogP contribution in [0.3, 0.4) is 0 Å². The van der Waals surface area contributed by atoms with Crippen molar-refractivity contribution in [2.45, 2.75) is 6.92 Å². The van der Waals surface area contributed by atoms with E-state index in [2.05, 4.69) is 216 Å². The molecule has 276 valence electrons. The molecule has 0 atom stereocenters. The number of hydrogen-bond acceptors (Lipinski definition) is 2. The number of benzene rings is 8. The molecule has 2 heterocycles. The molecule has 3 heteroatoms. The van der Waals surface area contributed by atoms with Gasteiger partial charge in [0.25, 0.3) is 0 Å². The van der Waals surface area contributed by atoms with Gasteiger partial charge in [0.2, 0.25) is 0 Å². The van der Waals surface area contributed by atoms with Crippen molar-refractivity contribution in [2.24, 2.45) is 0 Å². The van der Waals surface area contributed by atoms with Gasteiger partial charge in [-0.15, -0.1) is 0 Å². The zero-order chi connectivity index (χ0) is 39.0. The maximum absolute atomic E-state index is 6.21. The van der Waals surface area contributed by atoms with Gasteiger partial charge in [-0.05, 0) is 119 Å². The van der Waals surface area contributed by atoms with E-state index >= 15 is 0 Å². The number of allylic oxidation sites excluding steroid dienone is 1.